The van der Waals surface area contributed by atoms with E-state index in [4.69, 9.17) is 4.91 Å². The second-order valence-electron chi connectivity index (χ2n) is 0.180. The third kappa shape index (κ3) is 1.36. The molecule has 24 valence electrons. The Morgan fingerprint density at radius 3 is 2.25 bits per heavy atom. The van der Waals surface area contributed by atoms with Gasteiger partial charge in [0.1, 0.15) is 0 Å². The fourth-order valence-electron chi connectivity index (χ4n) is 0. The predicted molar refractivity (Wildman–Crippen MR) is 11.1 cm³/mol. The molecule has 0 rings (SSSR count). The minimum Gasteiger partial charge on any atom is -0.266 e. The zero-order valence-corrected chi connectivity index (χ0v) is 1.84. The summed E-state index contributed by atoms with van der Waals surface area (Å²) in [6.07, 6.45) is 0. The summed E-state index contributed by atoms with van der Waals surface area (Å²) in [4.78, 5) is 11.7. The maximum atomic E-state index is 8.58. The highest BCUT2D eigenvalue weighted by Gasteiger charge is 1.44. The Balaban J connectivity index is 2.30. The van der Waals surface area contributed by atoms with Crippen LogP contribution >= 0.6 is 0 Å². The van der Waals surface area contributed by atoms with Crippen molar-refractivity contribution < 1.29 is 4.94 Å². The van der Waals surface area contributed by atoms with Gasteiger partial charge in [-0.3, -0.25) is 4.94 Å². The van der Waals surface area contributed by atoms with E-state index in [0.717, 1.165) is 0 Å². The van der Waals surface area contributed by atoms with Crippen molar-refractivity contribution in [2.75, 3.05) is 0 Å². The van der Waals surface area contributed by atoms with Crippen molar-refractivity contribution in [3.63, 3.8) is 0 Å². The lowest BCUT2D eigenvalue weighted by Crippen LogP contribution is -1.85. The van der Waals surface area contributed by atoms with Crippen LogP contribution in [-0.4, -0.2) is 0 Å². The zero-order valence-electron chi connectivity index (χ0n) is 1.84. The van der Waals surface area contributed by atoms with Crippen LogP contribution < -0.4 is 5.90 Å². The average molecular weight is 62.0 g/mol. The van der Waals surface area contributed by atoms with Crippen molar-refractivity contribution >= 4 is 0 Å². The van der Waals surface area contributed by atoms with Crippen molar-refractivity contribution in [1.29, 1.82) is 0 Å². The quantitative estimate of drug-likeness (QED) is 0.330. The third-order valence-electron chi connectivity index (χ3n) is 0.0430. The van der Waals surface area contributed by atoms with Gasteiger partial charge in [-0.15, -0.1) is 10.8 Å². The molecule has 0 aromatic carbocycles. The maximum Gasteiger partial charge on any atom is 0.176 e. The van der Waals surface area contributed by atoms with E-state index in [9.17, 15) is 0 Å². The molecule has 0 fully saturated rings. The molecule has 0 aromatic heterocycles. The fourth-order valence-corrected chi connectivity index (χ4v) is 0. The summed E-state index contributed by atoms with van der Waals surface area (Å²) in [6, 6.07) is 0. The molecule has 0 bridgehead atoms. The van der Waals surface area contributed by atoms with Crippen LogP contribution in [0.25, 0.3) is 0 Å². The summed E-state index contributed by atoms with van der Waals surface area (Å²) in [6.45, 7) is 0. The van der Waals surface area contributed by atoms with Gasteiger partial charge in [-0.1, -0.05) is 0 Å². The zero-order chi connectivity index (χ0) is 3.41. The van der Waals surface area contributed by atoms with Crippen molar-refractivity contribution in [3.8, 4) is 0 Å². The molecule has 0 aliphatic heterocycles. The summed E-state index contributed by atoms with van der Waals surface area (Å²) in [5.41, 5.74) is 0. The van der Waals surface area contributed by atoms with Crippen molar-refractivity contribution in [2.24, 2.45) is 11.2 Å². The molecular formula is H2N2O2. The van der Waals surface area contributed by atoms with Crippen molar-refractivity contribution in [2.45, 2.75) is 0 Å². The minimum atomic E-state index is 1.76. The molecule has 0 atom stereocenters. The van der Waals surface area contributed by atoms with Gasteiger partial charge < -0.3 is 0 Å². The molecule has 0 radical (unpaired) electrons. The minimum absolute atomic E-state index is 1.76. The largest absolute Gasteiger partial charge is 0.266 e. The van der Waals surface area contributed by atoms with Gasteiger partial charge >= 0.3 is 0 Å². The molecule has 0 aliphatic carbocycles. The molecule has 0 amide bonds. The Bertz CT molecular complexity index is 18.0. The molecule has 4 nitrogen and oxygen atoms in total. The molecule has 0 aromatic rings. The SMILES string of the molecule is NON=O. The maximum absolute atomic E-state index is 8.58. The highest BCUT2D eigenvalue weighted by Crippen LogP contribution is 1.44. The van der Waals surface area contributed by atoms with E-state index in [2.05, 4.69) is 10.8 Å². The van der Waals surface area contributed by atoms with Crippen LogP contribution in [0.3, 0.4) is 0 Å². The molecule has 4 heavy (non-hydrogen) atoms. The van der Waals surface area contributed by atoms with Crippen LogP contribution in [0.1, 0.15) is 0 Å². The first kappa shape index (κ1) is 3.36. The lowest BCUT2D eigenvalue weighted by Gasteiger charge is -1.62. The fraction of sp³-hybridized carbons (Fsp3) is 0. The first-order valence-electron chi connectivity index (χ1n) is 0.601. The van der Waals surface area contributed by atoms with Crippen molar-refractivity contribution in [3.05, 3.63) is 4.91 Å². The number of rotatable bonds is 1. The first-order valence-corrected chi connectivity index (χ1v) is 0.601. The third-order valence-corrected chi connectivity index (χ3v) is 0.0430. The van der Waals surface area contributed by atoms with Crippen molar-refractivity contribution in [1.82, 2.24) is 0 Å². The van der Waals surface area contributed by atoms with Gasteiger partial charge in [0, 0.05) is 0 Å². The molecule has 4 heteroatoms. The van der Waals surface area contributed by atoms with Gasteiger partial charge in [0.15, 0.2) is 5.34 Å². The first-order chi connectivity index (χ1) is 1.91. The monoisotopic (exact) mass is 62.0 g/mol. The highest BCUT2D eigenvalue weighted by atomic mass is 16.8. The lowest BCUT2D eigenvalue weighted by atomic mass is 13.2. The Morgan fingerprint density at radius 2 is 2.25 bits per heavy atom. The Morgan fingerprint density at radius 1 is 2.00 bits per heavy atom. The van der Waals surface area contributed by atoms with Gasteiger partial charge in [-0.2, -0.15) is 0 Å². The smallest absolute Gasteiger partial charge is 0.176 e. The second kappa shape index (κ2) is 2.36. The van der Waals surface area contributed by atoms with Gasteiger partial charge in [-0.05, 0) is 0 Å². The summed E-state index contributed by atoms with van der Waals surface area (Å²) < 4.78 is 0. The summed E-state index contributed by atoms with van der Waals surface area (Å²) in [5.74, 6) is 4.05. The van der Waals surface area contributed by atoms with E-state index in [1.54, 1.807) is 5.34 Å². The number of nitrogens with two attached hydrogens (primary N) is 1. The topological polar surface area (TPSA) is 64.7 Å². The average Bonchev–Trinajstić information content (AvgIpc) is 1.37. The second-order valence-corrected chi connectivity index (χ2v) is 0.180. The Hall–Kier alpha value is -0.640. The number of hydrogen-bond donors (Lipinski definition) is 1. The van der Waals surface area contributed by atoms with E-state index in [0.29, 0.717) is 0 Å². The normalized spacial score (nSPS) is 5.25. The number of hydrogen-bond acceptors (Lipinski definition) is 4. The van der Waals surface area contributed by atoms with E-state index in [-0.39, 0.29) is 0 Å². The van der Waals surface area contributed by atoms with Crippen LogP contribution in [0.4, 0.5) is 0 Å². The molecule has 0 heterocycles. The van der Waals surface area contributed by atoms with E-state index in [1.807, 2.05) is 0 Å². The van der Waals surface area contributed by atoms with Crippen LogP contribution in [-0.2, 0) is 4.94 Å². The van der Waals surface area contributed by atoms with E-state index < -0.39 is 0 Å². The van der Waals surface area contributed by atoms with E-state index >= 15 is 0 Å². The molecule has 0 saturated carbocycles. The molecule has 0 unspecified atom stereocenters. The lowest BCUT2D eigenvalue weighted by molar-refractivity contribution is 0.144. The predicted octanol–water partition coefficient (Wildman–Crippen LogP) is -0.442. The van der Waals surface area contributed by atoms with Gasteiger partial charge in [0.05, 0.1) is 0 Å². The van der Waals surface area contributed by atoms with Gasteiger partial charge in [0.2, 0.25) is 0 Å². The van der Waals surface area contributed by atoms with Crippen LogP contribution in [0.5, 0.6) is 0 Å². The summed E-state index contributed by atoms with van der Waals surface area (Å²) in [7, 11) is 0. The summed E-state index contributed by atoms with van der Waals surface area (Å²) >= 11 is 0. The van der Waals surface area contributed by atoms with Crippen LogP contribution in [0.2, 0.25) is 0 Å². The standard InChI is InChI=1S/H2N2O2/c1-4-2-3/h1H2. The Labute approximate surface area is 22.4 Å². The van der Waals surface area contributed by atoms with E-state index in [1.165, 1.54) is 0 Å². The van der Waals surface area contributed by atoms with Crippen LogP contribution in [0.15, 0.2) is 5.34 Å². The van der Waals surface area contributed by atoms with Crippen LogP contribution in [0, 0.1) is 4.91 Å². The van der Waals surface area contributed by atoms with Gasteiger partial charge in [-0.25, -0.2) is 0 Å². The molecule has 0 spiro atoms. The molecule has 0 saturated heterocycles. The highest BCUT2D eigenvalue weighted by molar-refractivity contribution is 3.88. The molecule has 0 aliphatic rings. The summed E-state index contributed by atoms with van der Waals surface area (Å²) in [5, 5.41) is 1.76. The molecule has 2 N–H and O–H groups in total. The number of nitrogens with zero attached hydrogens (tertiary/aromatic N) is 1. The van der Waals surface area contributed by atoms with Gasteiger partial charge in [0.25, 0.3) is 0 Å². The Kier molecular flexibility index (Phi) is 1.98. The molecular weight excluding hydrogens is 60.0 g/mol.